The van der Waals surface area contributed by atoms with Gasteiger partial charge in [0.15, 0.2) is 0 Å². The minimum absolute atomic E-state index is 0.00212. The summed E-state index contributed by atoms with van der Waals surface area (Å²) in [6.45, 7) is 15.8. The Hall–Kier alpha value is -2.16. The zero-order valence-electron chi connectivity index (χ0n) is 28.9. The van der Waals surface area contributed by atoms with E-state index in [1.54, 1.807) is 55.4 Å². The van der Waals surface area contributed by atoms with Gasteiger partial charge < -0.3 is 24.1 Å². The van der Waals surface area contributed by atoms with E-state index in [1.807, 2.05) is 6.92 Å². The molecule has 1 N–H and O–H groups in total. The second-order valence-corrected chi connectivity index (χ2v) is 16.5. The number of fused-ring (bicyclic) bond motifs is 5. The van der Waals surface area contributed by atoms with Crippen LogP contribution in [0.4, 0.5) is 0 Å². The average Bonchev–Trinajstić information content (AvgIpc) is 3.61. The number of hydrogen-bond acceptors (Lipinski definition) is 8. The molecule has 9 nitrogen and oxygen atoms in total. The molecule has 0 aliphatic heterocycles. The van der Waals surface area contributed by atoms with Gasteiger partial charge >= 0.3 is 23.9 Å². The molecule has 44 heavy (non-hydrogen) atoms. The molecule has 0 heterocycles. The molecule has 0 amide bonds. The lowest BCUT2D eigenvalue weighted by molar-refractivity contribution is -0.175. The Labute approximate surface area is 264 Å². The SMILES string of the molecule is CCC(C)(CC(C)(CC(C)(CC(C)(C)C(=O)OC1CC2CC1C1CCCC21)C(=O)OCCOC)C(=O)O)C(=O)OC(C)(C)C. The molecule has 3 aliphatic rings. The van der Waals surface area contributed by atoms with Crippen LogP contribution >= 0.6 is 0 Å². The Balaban J connectivity index is 1.85. The standard InChI is InChI=1S/C35H58O9/c1-11-33(7,30(40)44-31(2,3)4)20-34(8,27(36)37)21-35(9,29(39)42-16-15-41-10)19-32(5,6)28(38)43-26-18-22-17-25(26)24-14-12-13-23(22)24/h22-26H,11-21H2,1-10H3,(H,36,37). The highest BCUT2D eigenvalue weighted by atomic mass is 16.6. The van der Waals surface area contributed by atoms with E-state index in [1.165, 1.54) is 26.4 Å². The molecule has 3 fully saturated rings. The van der Waals surface area contributed by atoms with Crippen molar-refractivity contribution in [2.45, 2.75) is 132 Å². The third kappa shape index (κ3) is 7.97. The van der Waals surface area contributed by atoms with E-state index in [0.717, 1.165) is 18.8 Å². The highest BCUT2D eigenvalue weighted by molar-refractivity contribution is 5.83. The first-order chi connectivity index (χ1) is 20.2. The fraction of sp³-hybridized carbons (Fsp3) is 0.886. The molecule has 2 bridgehead atoms. The van der Waals surface area contributed by atoms with E-state index < -0.39 is 45.2 Å². The predicted octanol–water partition coefficient (Wildman–Crippen LogP) is 6.60. The molecular weight excluding hydrogens is 564 g/mol. The van der Waals surface area contributed by atoms with Gasteiger partial charge in [0.25, 0.3) is 0 Å². The predicted molar refractivity (Wildman–Crippen MR) is 165 cm³/mol. The summed E-state index contributed by atoms with van der Waals surface area (Å²) in [4.78, 5) is 53.8. The van der Waals surface area contributed by atoms with Crippen molar-refractivity contribution in [3.8, 4) is 0 Å². The van der Waals surface area contributed by atoms with E-state index in [4.69, 9.17) is 18.9 Å². The molecule has 3 saturated carbocycles. The van der Waals surface area contributed by atoms with E-state index >= 15 is 0 Å². The van der Waals surface area contributed by atoms with Crippen LogP contribution in [-0.4, -0.2) is 61.0 Å². The van der Waals surface area contributed by atoms with Gasteiger partial charge in [0.1, 0.15) is 18.3 Å². The van der Waals surface area contributed by atoms with Crippen LogP contribution in [0.3, 0.4) is 0 Å². The quantitative estimate of drug-likeness (QED) is 0.122. The molecule has 0 aromatic heterocycles. The van der Waals surface area contributed by atoms with Crippen molar-refractivity contribution in [3.63, 3.8) is 0 Å². The lowest BCUT2D eigenvalue weighted by atomic mass is 9.61. The van der Waals surface area contributed by atoms with Gasteiger partial charge in [-0.05, 0) is 130 Å². The third-order valence-corrected chi connectivity index (χ3v) is 10.8. The van der Waals surface area contributed by atoms with Crippen molar-refractivity contribution in [2.24, 2.45) is 45.3 Å². The van der Waals surface area contributed by atoms with Crippen LogP contribution in [0.15, 0.2) is 0 Å². The maximum atomic E-state index is 13.8. The van der Waals surface area contributed by atoms with E-state index in [-0.39, 0.29) is 44.5 Å². The molecule has 8 unspecified atom stereocenters. The molecule has 9 heteroatoms. The smallest absolute Gasteiger partial charge is 0.312 e. The van der Waals surface area contributed by atoms with Crippen LogP contribution in [-0.2, 0) is 38.1 Å². The normalized spacial score (nSPS) is 28.7. The number of methoxy groups -OCH3 is 1. The van der Waals surface area contributed by atoms with Crippen molar-refractivity contribution in [2.75, 3.05) is 20.3 Å². The number of ether oxygens (including phenoxy) is 4. The lowest BCUT2D eigenvalue weighted by Gasteiger charge is -2.42. The number of carboxylic acids is 1. The van der Waals surface area contributed by atoms with Crippen LogP contribution in [0.2, 0.25) is 0 Å². The fourth-order valence-electron chi connectivity index (χ4n) is 8.76. The maximum absolute atomic E-state index is 13.8. The van der Waals surface area contributed by atoms with E-state index in [2.05, 4.69) is 0 Å². The van der Waals surface area contributed by atoms with Crippen LogP contribution in [0.25, 0.3) is 0 Å². The van der Waals surface area contributed by atoms with E-state index in [9.17, 15) is 24.3 Å². The Morgan fingerprint density at radius 1 is 0.727 bits per heavy atom. The van der Waals surface area contributed by atoms with E-state index in [0.29, 0.717) is 24.2 Å². The summed E-state index contributed by atoms with van der Waals surface area (Å²) in [7, 11) is 1.50. The second-order valence-electron chi connectivity index (χ2n) is 16.5. The van der Waals surface area contributed by atoms with Crippen molar-refractivity contribution in [3.05, 3.63) is 0 Å². The summed E-state index contributed by atoms with van der Waals surface area (Å²) in [5.41, 5.74) is -5.84. The highest BCUT2D eigenvalue weighted by Crippen LogP contribution is 2.60. The summed E-state index contributed by atoms with van der Waals surface area (Å²) in [5.74, 6) is -0.136. The lowest BCUT2D eigenvalue weighted by Crippen LogP contribution is -2.47. The molecule has 0 radical (unpaired) electrons. The average molecular weight is 623 g/mol. The van der Waals surface area contributed by atoms with Crippen molar-refractivity contribution >= 4 is 23.9 Å². The summed E-state index contributed by atoms with van der Waals surface area (Å²) in [5, 5.41) is 10.6. The van der Waals surface area contributed by atoms with Gasteiger partial charge in [-0.2, -0.15) is 0 Å². The second kappa shape index (κ2) is 13.3. The van der Waals surface area contributed by atoms with Gasteiger partial charge in [0, 0.05) is 7.11 Å². The van der Waals surface area contributed by atoms with Gasteiger partial charge in [-0.25, -0.2) is 0 Å². The number of carbonyl (C=O) groups is 4. The van der Waals surface area contributed by atoms with Gasteiger partial charge in [-0.3, -0.25) is 19.2 Å². The summed E-state index contributed by atoms with van der Waals surface area (Å²) in [6, 6.07) is 0. The van der Waals surface area contributed by atoms with Gasteiger partial charge in [0.05, 0.1) is 28.3 Å². The highest BCUT2D eigenvalue weighted by Gasteiger charge is 2.57. The Kier molecular flexibility index (Phi) is 11.0. The first-order valence-electron chi connectivity index (χ1n) is 16.5. The van der Waals surface area contributed by atoms with Crippen molar-refractivity contribution in [1.29, 1.82) is 0 Å². The molecule has 3 rings (SSSR count). The number of esters is 3. The molecule has 3 aliphatic carbocycles. The van der Waals surface area contributed by atoms with Crippen LogP contribution in [0.1, 0.15) is 120 Å². The Bertz CT molecular complexity index is 1080. The van der Waals surface area contributed by atoms with Gasteiger partial charge in [0.2, 0.25) is 0 Å². The minimum Gasteiger partial charge on any atom is -0.481 e. The molecule has 0 saturated heterocycles. The number of aliphatic carboxylic acids is 1. The third-order valence-electron chi connectivity index (χ3n) is 10.8. The monoisotopic (exact) mass is 622 g/mol. The molecule has 8 atom stereocenters. The Morgan fingerprint density at radius 2 is 1.34 bits per heavy atom. The summed E-state index contributed by atoms with van der Waals surface area (Å²) in [6.07, 6.45) is 5.86. The molecule has 0 aromatic carbocycles. The zero-order valence-corrected chi connectivity index (χ0v) is 28.9. The number of carbonyl (C=O) groups excluding carboxylic acids is 3. The zero-order chi connectivity index (χ0) is 33.3. The van der Waals surface area contributed by atoms with Crippen LogP contribution in [0, 0.1) is 45.3 Å². The first kappa shape index (κ1) is 36.3. The van der Waals surface area contributed by atoms with Gasteiger partial charge in [-0.1, -0.05) is 13.3 Å². The largest absolute Gasteiger partial charge is 0.481 e. The van der Waals surface area contributed by atoms with Crippen LogP contribution < -0.4 is 0 Å². The summed E-state index contributed by atoms with van der Waals surface area (Å²) < 4.78 is 22.5. The molecular formula is C35H58O9. The minimum atomic E-state index is -1.52. The Morgan fingerprint density at radius 3 is 1.91 bits per heavy atom. The number of hydrogen-bond donors (Lipinski definition) is 1. The first-order valence-corrected chi connectivity index (χ1v) is 16.5. The fourth-order valence-corrected chi connectivity index (χ4v) is 8.76. The van der Waals surface area contributed by atoms with Crippen molar-refractivity contribution in [1.82, 2.24) is 0 Å². The van der Waals surface area contributed by atoms with Crippen LogP contribution in [0.5, 0.6) is 0 Å². The van der Waals surface area contributed by atoms with Crippen molar-refractivity contribution < 1.29 is 43.2 Å². The topological polar surface area (TPSA) is 125 Å². The molecule has 0 aromatic rings. The molecule has 252 valence electrons. The van der Waals surface area contributed by atoms with Gasteiger partial charge in [-0.15, -0.1) is 0 Å². The number of carboxylic acid groups (broad SMARTS) is 1. The molecule has 0 spiro atoms. The number of rotatable bonds is 15. The summed E-state index contributed by atoms with van der Waals surface area (Å²) >= 11 is 0. The maximum Gasteiger partial charge on any atom is 0.312 e.